The summed E-state index contributed by atoms with van der Waals surface area (Å²) >= 11 is 6.13. The average molecular weight is 506 g/mol. The van der Waals surface area contributed by atoms with Crippen molar-refractivity contribution in [2.24, 2.45) is 0 Å². The smallest absolute Gasteiger partial charge is 0.253 e. The number of benzene rings is 1. The average Bonchev–Trinajstić information content (AvgIpc) is 3.67. The Morgan fingerprint density at radius 3 is 2.53 bits per heavy atom. The summed E-state index contributed by atoms with van der Waals surface area (Å²) in [6.45, 7) is 7.87. The van der Waals surface area contributed by atoms with Gasteiger partial charge in [-0.25, -0.2) is 12.7 Å². The first-order chi connectivity index (χ1) is 16.2. The van der Waals surface area contributed by atoms with Crippen LogP contribution < -0.4 is 0 Å². The van der Waals surface area contributed by atoms with Crippen LogP contribution in [0.2, 0.25) is 5.02 Å². The summed E-state index contributed by atoms with van der Waals surface area (Å²) in [5.41, 5.74) is 1.60. The first kappa shape index (κ1) is 26.4. The second-order valence-corrected chi connectivity index (χ2v) is 11.5. The summed E-state index contributed by atoms with van der Waals surface area (Å²) in [6, 6.07) is 8.31. The highest BCUT2D eigenvalue weighted by atomic mass is 35.5. The minimum absolute atomic E-state index is 0.0973. The molecule has 0 unspecified atom stereocenters. The van der Waals surface area contributed by atoms with E-state index in [2.05, 4.69) is 6.58 Å². The molecule has 1 heterocycles. The van der Waals surface area contributed by atoms with Gasteiger partial charge >= 0.3 is 0 Å². The second-order valence-electron chi connectivity index (χ2n) is 8.73. The van der Waals surface area contributed by atoms with Crippen LogP contribution in [0.15, 0.2) is 48.6 Å². The standard InChI is InChI=1S/C25H32ClN3O4S/c1-5-17(6-2)24-23(18-8-10-19(26)11-9-18)29(25(30)22(33-24)14-15-27)20(7-3)16-28(4)34(31,32)21-12-13-21/h5-6,8-11,20-24H,1,7,12-14,16H2,2-4H3/b17-6+/t20-,22-,23+,24+/m0/s1. The normalized spacial score (nSPS) is 24.7. The van der Waals surface area contributed by atoms with Gasteiger partial charge in [-0.2, -0.15) is 5.26 Å². The third kappa shape index (κ3) is 5.38. The lowest BCUT2D eigenvalue weighted by molar-refractivity contribution is -0.173. The molecule has 0 bridgehead atoms. The fourth-order valence-corrected chi connectivity index (χ4v) is 6.22. The molecular formula is C25H32ClN3O4S. The Hall–Kier alpha value is -2.18. The molecule has 7 nitrogen and oxygen atoms in total. The van der Waals surface area contributed by atoms with Gasteiger partial charge in [-0.05, 0) is 49.5 Å². The number of rotatable bonds is 10. The monoisotopic (exact) mass is 505 g/mol. The predicted octanol–water partition coefficient (Wildman–Crippen LogP) is 4.23. The zero-order chi connectivity index (χ0) is 25.0. The number of hydrogen-bond acceptors (Lipinski definition) is 5. The number of morpholine rings is 1. The summed E-state index contributed by atoms with van der Waals surface area (Å²) in [7, 11) is -1.84. The van der Waals surface area contributed by atoms with Crippen LogP contribution in [0.3, 0.4) is 0 Å². The van der Waals surface area contributed by atoms with Gasteiger partial charge in [0.2, 0.25) is 10.0 Å². The lowest BCUT2D eigenvalue weighted by Gasteiger charge is -2.48. The van der Waals surface area contributed by atoms with Gasteiger partial charge in [-0.1, -0.05) is 49.4 Å². The van der Waals surface area contributed by atoms with Gasteiger partial charge in [0.25, 0.3) is 5.91 Å². The minimum Gasteiger partial charge on any atom is -0.357 e. The lowest BCUT2D eigenvalue weighted by Crippen LogP contribution is -2.59. The summed E-state index contributed by atoms with van der Waals surface area (Å²) < 4.78 is 33.3. The molecule has 2 aliphatic rings. The summed E-state index contributed by atoms with van der Waals surface area (Å²) in [5, 5.41) is 9.58. The van der Waals surface area contributed by atoms with Crippen LogP contribution in [0, 0.1) is 11.3 Å². The van der Waals surface area contributed by atoms with Crippen LogP contribution in [0.5, 0.6) is 0 Å². The van der Waals surface area contributed by atoms with Crippen molar-refractivity contribution in [1.29, 1.82) is 5.26 Å². The Labute approximate surface area is 207 Å². The number of ether oxygens (including phenoxy) is 1. The van der Waals surface area contributed by atoms with E-state index in [9.17, 15) is 18.5 Å². The number of hydrogen-bond donors (Lipinski definition) is 0. The van der Waals surface area contributed by atoms with E-state index < -0.39 is 34.3 Å². The molecule has 1 aliphatic carbocycles. The number of carbonyl (C=O) groups excluding carboxylic acids is 1. The highest BCUT2D eigenvalue weighted by Gasteiger charge is 2.47. The summed E-state index contributed by atoms with van der Waals surface area (Å²) in [5.74, 6) is -0.318. The van der Waals surface area contributed by atoms with Crippen molar-refractivity contribution in [3.05, 3.63) is 59.2 Å². The Morgan fingerprint density at radius 2 is 2.03 bits per heavy atom. The number of nitrogens with zero attached hydrogens (tertiary/aromatic N) is 3. The molecule has 1 aliphatic heterocycles. The number of nitriles is 1. The third-order valence-corrected chi connectivity index (χ3v) is 9.11. The van der Waals surface area contributed by atoms with Crippen LogP contribution >= 0.6 is 11.6 Å². The van der Waals surface area contributed by atoms with Crippen LogP contribution in [0.1, 0.15) is 51.1 Å². The SMILES string of the molecule is C=C/C(=C\C)[C@H]1O[C@@H](CC#N)C(=O)N([C@@H](CC)CN(C)S(=O)(=O)C2CC2)[C@@H]1c1ccc(Cl)cc1. The molecule has 4 atom stereocenters. The largest absolute Gasteiger partial charge is 0.357 e. The minimum atomic E-state index is -3.41. The Bertz CT molecular complexity index is 1080. The fraction of sp³-hybridized carbons (Fsp3) is 0.520. The topological polar surface area (TPSA) is 90.7 Å². The highest BCUT2D eigenvalue weighted by molar-refractivity contribution is 7.90. The van der Waals surface area contributed by atoms with E-state index in [1.165, 1.54) is 4.31 Å². The number of amides is 1. The molecule has 3 rings (SSSR count). The molecular weight excluding hydrogens is 474 g/mol. The number of likely N-dealkylation sites (N-methyl/N-ethyl adjacent to an activating group) is 1. The van der Waals surface area contributed by atoms with Crippen LogP contribution in [-0.4, -0.2) is 60.6 Å². The molecule has 0 N–H and O–H groups in total. The van der Waals surface area contributed by atoms with E-state index in [0.29, 0.717) is 24.3 Å². The zero-order valence-electron chi connectivity index (χ0n) is 19.9. The van der Waals surface area contributed by atoms with Gasteiger partial charge in [0.1, 0.15) is 12.2 Å². The van der Waals surface area contributed by atoms with Gasteiger partial charge in [-0.3, -0.25) is 4.79 Å². The zero-order valence-corrected chi connectivity index (χ0v) is 21.4. The third-order valence-electron chi connectivity index (χ3n) is 6.53. The number of halogens is 1. The molecule has 0 spiro atoms. The van der Waals surface area contributed by atoms with Crippen molar-refractivity contribution in [2.45, 2.75) is 69.1 Å². The molecule has 1 amide bonds. The van der Waals surface area contributed by atoms with Crippen LogP contribution in [-0.2, 0) is 19.6 Å². The van der Waals surface area contributed by atoms with Gasteiger partial charge < -0.3 is 9.64 Å². The van der Waals surface area contributed by atoms with E-state index in [4.69, 9.17) is 16.3 Å². The van der Waals surface area contributed by atoms with E-state index in [-0.39, 0.29) is 24.1 Å². The van der Waals surface area contributed by atoms with Crippen molar-refractivity contribution in [1.82, 2.24) is 9.21 Å². The van der Waals surface area contributed by atoms with E-state index >= 15 is 0 Å². The number of sulfonamides is 1. The predicted molar refractivity (Wildman–Crippen MR) is 133 cm³/mol. The number of allylic oxidation sites excluding steroid dienone is 1. The van der Waals surface area contributed by atoms with Gasteiger partial charge in [0, 0.05) is 24.7 Å². The van der Waals surface area contributed by atoms with Crippen molar-refractivity contribution < 1.29 is 17.9 Å². The molecule has 1 aromatic rings. The van der Waals surface area contributed by atoms with Crippen molar-refractivity contribution >= 4 is 27.5 Å². The molecule has 2 fully saturated rings. The molecule has 184 valence electrons. The quantitative estimate of drug-likeness (QED) is 0.444. The maximum atomic E-state index is 13.7. The molecule has 1 saturated carbocycles. The van der Waals surface area contributed by atoms with E-state index in [1.807, 2.05) is 38.1 Å². The van der Waals surface area contributed by atoms with Crippen LogP contribution in [0.25, 0.3) is 0 Å². The van der Waals surface area contributed by atoms with Gasteiger partial charge in [0.05, 0.1) is 23.8 Å². The van der Waals surface area contributed by atoms with Crippen molar-refractivity contribution in [2.75, 3.05) is 13.6 Å². The molecule has 0 aromatic heterocycles. The Kier molecular flexibility index (Phi) is 8.58. The molecule has 1 aromatic carbocycles. The summed E-state index contributed by atoms with van der Waals surface area (Å²) in [4.78, 5) is 15.4. The lowest BCUT2D eigenvalue weighted by atomic mass is 9.89. The van der Waals surface area contributed by atoms with E-state index in [1.54, 1.807) is 30.2 Å². The maximum Gasteiger partial charge on any atom is 0.253 e. The Balaban J connectivity index is 2.09. The maximum absolute atomic E-state index is 13.7. The molecule has 34 heavy (non-hydrogen) atoms. The van der Waals surface area contributed by atoms with E-state index in [0.717, 1.165) is 11.1 Å². The first-order valence-electron chi connectivity index (χ1n) is 11.5. The Morgan fingerprint density at radius 1 is 1.38 bits per heavy atom. The summed E-state index contributed by atoms with van der Waals surface area (Å²) in [6.07, 6.45) is 3.82. The molecule has 0 radical (unpaired) electrons. The van der Waals surface area contributed by atoms with Gasteiger partial charge in [-0.15, -0.1) is 0 Å². The fourth-order valence-electron chi connectivity index (χ4n) is 4.47. The number of carbonyl (C=O) groups is 1. The first-order valence-corrected chi connectivity index (χ1v) is 13.4. The van der Waals surface area contributed by atoms with Crippen molar-refractivity contribution in [3.63, 3.8) is 0 Å². The van der Waals surface area contributed by atoms with Gasteiger partial charge in [0.15, 0.2) is 0 Å². The highest BCUT2D eigenvalue weighted by Crippen LogP contribution is 2.40. The van der Waals surface area contributed by atoms with Crippen LogP contribution in [0.4, 0.5) is 0 Å². The van der Waals surface area contributed by atoms with Crippen molar-refractivity contribution in [3.8, 4) is 6.07 Å². The molecule has 9 heteroatoms. The molecule has 1 saturated heterocycles. The second kappa shape index (κ2) is 11.0.